The van der Waals surface area contributed by atoms with Crippen molar-refractivity contribution in [1.29, 1.82) is 0 Å². The molecule has 0 atom stereocenters. The lowest BCUT2D eigenvalue weighted by Crippen LogP contribution is -2.31. The van der Waals surface area contributed by atoms with Gasteiger partial charge in [0.15, 0.2) is 0 Å². The van der Waals surface area contributed by atoms with Gasteiger partial charge in [-0.1, -0.05) is 60.7 Å². The molecule has 0 saturated carbocycles. The average molecular weight is 338 g/mol. The Morgan fingerprint density at radius 1 is 0.923 bits per heavy atom. The molecule has 0 fully saturated rings. The van der Waals surface area contributed by atoms with E-state index in [0.717, 1.165) is 11.3 Å². The van der Waals surface area contributed by atoms with Crippen LogP contribution < -0.4 is 4.57 Å². The second kappa shape index (κ2) is 6.89. The first-order chi connectivity index (χ1) is 12.7. The molecule has 4 rings (SSSR count). The van der Waals surface area contributed by atoms with E-state index in [-0.39, 0.29) is 0 Å². The van der Waals surface area contributed by atoms with E-state index in [1.165, 1.54) is 21.9 Å². The minimum atomic E-state index is 0.703. The highest BCUT2D eigenvalue weighted by Gasteiger charge is 2.14. The third-order valence-electron chi connectivity index (χ3n) is 4.63. The first-order valence-corrected chi connectivity index (χ1v) is 8.66. The minimum absolute atomic E-state index is 0.703. The number of nitrogens with zero attached hydrogens (tertiary/aromatic N) is 3. The quantitative estimate of drug-likeness (QED) is 0.390. The fraction of sp³-hybridized carbons (Fsp3) is 0.0870. The lowest BCUT2D eigenvalue weighted by molar-refractivity contribution is -0.663. The molecule has 0 bridgehead atoms. The van der Waals surface area contributed by atoms with Gasteiger partial charge in [-0.25, -0.2) is 9.56 Å². The predicted octanol–water partition coefficient (Wildman–Crippen LogP) is 4.79. The maximum Gasteiger partial charge on any atom is 0.289 e. The Kier molecular flexibility index (Phi) is 4.28. The number of aryl methyl sites for hydroxylation is 2. The maximum absolute atomic E-state index is 4.55. The highest BCUT2D eigenvalue weighted by atomic mass is 15.0. The molecule has 0 aliphatic rings. The summed E-state index contributed by atoms with van der Waals surface area (Å²) in [7, 11) is 2.02. The molecule has 1 heterocycles. The number of benzene rings is 3. The Morgan fingerprint density at radius 3 is 2.54 bits per heavy atom. The maximum atomic E-state index is 4.55. The average Bonchev–Trinajstić information content (AvgIpc) is 2.69. The van der Waals surface area contributed by atoms with Crippen molar-refractivity contribution in [2.45, 2.75) is 6.92 Å². The molecule has 4 aromatic rings. The summed E-state index contributed by atoms with van der Waals surface area (Å²) in [4.78, 5) is 8.98. The van der Waals surface area contributed by atoms with Crippen LogP contribution in [0.5, 0.6) is 0 Å². The van der Waals surface area contributed by atoms with Gasteiger partial charge in [-0.3, -0.25) is 0 Å². The normalized spacial score (nSPS) is 11.3. The summed E-state index contributed by atoms with van der Waals surface area (Å²) in [5, 5.41) is 2.53. The summed E-state index contributed by atoms with van der Waals surface area (Å²) in [6.45, 7) is 2.17. The number of aliphatic imine (C=N–C) groups is 1. The van der Waals surface area contributed by atoms with Crippen molar-refractivity contribution in [2.24, 2.45) is 12.0 Å². The summed E-state index contributed by atoms with van der Waals surface area (Å²) in [6.07, 6.45) is 3.67. The van der Waals surface area contributed by atoms with E-state index in [1.54, 1.807) is 0 Å². The second-order valence-electron chi connectivity index (χ2n) is 6.37. The highest BCUT2D eigenvalue weighted by molar-refractivity contribution is 5.90. The van der Waals surface area contributed by atoms with Crippen LogP contribution in [0.1, 0.15) is 11.1 Å². The Morgan fingerprint density at radius 2 is 1.69 bits per heavy atom. The molecule has 3 nitrogen and oxygen atoms in total. The number of aromatic nitrogens is 2. The number of hydrogen-bond donors (Lipinski definition) is 0. The van der Waals surface area contributed by atoms with Gasteiger partial charge in [-0.05, 0) is 39.9 Å². The second-order valence-corrected chi connectivity index (χ2v) is 6.37. The largest absolute Gasteiger partial charge is 0.289 e. The van der Waals surface area contributed by atoms with Crippen molar-refractivity contribution in [3.05, 3.63) is 90.3 Å². The lowest BCUT2D eigenvalue weighted by atomic mass is 9.98. The van der Waals surface area contributed by atoms with Crippen LogP contribution in [0.2, 0.25) is 0 Å². The van der Waals surface area contributed by atoms with Crippen molar-refractivity contribution in [2.75, 3.05) is 0 Å². The van der Waals surface area contributed by atoms with Crippen LogP contribution in [0.25, 0.3) is 22.0 Å². The topological polar surface area (TPSA) is 29.1 Å². The molecule has 126 valence electrons. The van der Waals surface area contributed by atoms with Crippen LogP contribution in [-0.4, -0.2) is 11.2 Å². The number of rotatable bonds is 3. The van der Waals surface area contributed by atoms with Crippen molar-refractivity contribution >= 4 is 22.8 Å². The SMILES string of the molecule is Cc1c(-c2cc(N=Cc3ccccc3)nc[n+]2C)ccc2ccccc12. The molecular weight excluding hydrogens is 318 g/mol. The molecule has 26 heavy (non-hydrogen) atoms. The molecule has 0 aliphatic carbocycles. The van der Waals surface area contributed by atoms with E-state index in [9.17, 15) is 0 Å². The summed E-state index contributed by atoms with van der Waals surface area (Å²) >= 11 is 0. The Bertz CT molecular complexity index is 1100. The molecule has 3 aromatic carbocycles. The van der Waals surface area contributed by atoms with Crippen molar-refractivity contribution in [3.63, 3.8) is 0 Å². The Balaban J connectivity index is 1.78. The Labute approximate surface area is 153 Å². The lowest BCUT2D eigenvalue weighted by Gasteiger charge is -2.09. The monoisotopic (exact) mass is 338 g/mol. The molecule has 0 radical (unpaired) electrons. The van der Waals surface area contributed by atoms with Gasteiger partial charge >= 0.3 is 0 Å². The van der Waals surface area contributed by atoms with Crippen molar-refractivity contribution in [3.8, 4) is 11.3 Å². The molecule has 0 aliphatic heterocycles. The van der Waals surface area contributed by atoms with E-state index in [0.29, 0.717) is 5.82 Å². The van der Waals surface area contributed by atoms with Crippen LogP contribution in [0, 0.1) is 6.92 Å². The summed E-state index contributed by atoms with van der Waals surface area (Å²) < 4.78 is 2.04. The van der Waals surface area contributed by atoms with Gasteiger partial charge in [0.2, 0.25) is 0 Å². The standard InChI is InChI=1S/C23H20N3/c1-17-20-11-7-6-10-19(20)12-13-21(17)22-14-23(25-16-26(22)2)24-15-18-8-4-3-5-9-18/h3-16H,1-2H3/q+1. The smallest absolute Gasteiger partial charge is 0.232 e. The van der Waals surface area contributed by atoms with Gasteiger partial charge < -0.3 is 0 Å². The molecular formula is C23H20N3+. The van der Waals surface area contributed by atoms with Crippen LogP contribution in [-0.2, 0) is 7.05 Å². The van der Waals surface area contributed by atoms with Crippen molar-refractivity contribution < 1.29 is 4.57 Å². The zero-order chi connectivity index (χ0) is 17.9. The van der Waals surface area contributed by atoms with E-state index in [1.807, 2.05) is 60.6 Å². The highest BCUT2D eigenvalue weighted by Crippen LogP contribution is 2.28. The van der Waals surface area contributed by atoms with E-state index in [2.05, 4.69) is 53.3 Å². The summed E-state index contributed by atoms with van der Waals surface area (Å²) in [6, 6.07) is 24.9. The number of hydrogen-bond acceptors (Lipinski definition) is 2. The van der Waals surface area contributed by atoms with Crippen LogP contribution >= 0.6 is 0 Å². The van der Waals surface area contributed by atoms with E-state index < -0.39 is 0 Å². The number of fused-ring (bicyclic) bond motifs is 1. The van der Waals surface area contributed by atoms with E-state index >= 15 is 0 Å². The molecule has 0 spiro atoms. The van der Waals surface area contributed by atoms with Crippen LogP contribution in [0.15, 0.2) is 84.1 Å². The van der Waals surface area contributed by atoms with Crippen LogP contribution in [0.3, 0.4) is 0 Å². The fourth-order valence-corrected chi connectivity index (χ4v) is 3.19. The van der Waals surface area contributed by atoms with Gasteiger partial charge in [-0.2, -0.15) is 0 Å². The summed E-state index contributed by atoms with van der Waals surface area (Å²) in [5.41, 5.74) is 4.63. The predicted molar refractivity (Wildman–Crippen MR) is 107 cm³/mol. The molecule has 0 amide bonds. The van der Waals surface area contributed by atoms with Gasteiger partial charge in [0.1, 0.15) is 5.69 Å². The molecule has 0 unspecified atom stereocenters. The molecule has 0 saturated heterocycles. The fourth-order valence-electron chi connectivity index (χ4n) is 3.19. The minimum Gasteiger partial charge on any atom is -0.232 e. The van der Waals surface area contributed by atoms with Gasteiger partial charge in [-0.15, -0.1) is 0 Å². The van der Waals surface area contributed by atoms with Crippen molar-refractivity contribution in [1.82, 2.24) is 4.98 Å². The molecule has 3 heteroatoms. The van der Waals surface area contributed by atoms with Gasteiger partial charge in [0.05, 0.1) is 13.1 Å². The zero-order valence-corrected chi connectivity index (χ0v) is 14.9. The molecule has 0 N–H and O–H groups in total. The summed E-state index contributed by atoms with van der Waals surface area (Å²) in [5.74, 6) is 0.703. The van der Waals surface area contributed by atoms with Crippen LogP contribution in [0.4, 0.5) is 5.82 Å². The third-order valence-corrected chi connectivity index (χ3v) is 4.63. The molecule has 1 aromatic heterocycles. The van der Waals surface area contributed by atoms with E-state index in [4.69, 9.17) is 0 Å². The first-order valence-electron chi connectivity index (χ1n) is 8.66. The van der Waals surface area contributed by atoms with Gasteiger partial charge in [0, 0.05) is 11.8 Å². The third kappa shape index (κ3) is 3.11. The Hall–Kier alpha value is -3.33. The zero-order valence-electron chi connectivity index (χ0n) is 14.9. The van der Waals surface area contributed by atoms with Gasteiger partial charge in [0.25, 0.3) is 12.1 Å². The first kappa shape index (κ1) is 16.2.